The Hall–Kier alpha value is -1.23. The second kappa shape index (κ2) is 5.91. The van der Waals surface area contributed by atoms with Crippen LogP contribution in [0.3, 0.4) is 0 Å². The summed E-state index contributed by atoms with van der Waals surface area (Å²) in [7, 11) is 0. The molecule has 0 spiro atoms. The molecule has 0 bridgehead atoms. The van der Waals surface area contributed by atoms with E-state index in [2.05, 4.69) is 0 Å². The van der Waals surface area contributed by atoms with Crippen LogP contribution in [0.15, 0.2) is 12.1 Å². The van der Waals surface area contributed by atoms with Crippen molar-refractivity contribution in [2.24, 2.45) is 0 Å². The zero-order valence-electron chi connectivity index (χ0n) is 8.84. The molecular formula is C11H8F2INO2. The molecule has 0 aromatic heterocycles. The summed E-state index contributed by atoms with van der Waals surface area (Å²) in [6.45, 7) is 1.79. The number of ether oxygens (including phenoxy) is 1. The molecular weight excluding hydrogens is 343 g/mol. The molecule has 6 heteroatoms. The number of carbonyl (C=O) groups excluding carboxylic acids is 1. The molecule has 0 atom stereocenters. The normalized spacial score (nSPS) is 10.1. The SMILES string of the molecule is CCOC(=O)c1cc(I)c(C(F)F)cc1C#N. The zero-order valence-corrected chi connectivity index (χ0v) is 11.0. The van der Waals surface area contributed by atoms with Gasteiger partial charge in [-0.1, -0.05) is 0 Å². The summed E-state index contributed by atoms with van der Waals surface area (Å²) in [4.78, 5) is 11.5. The van der Waals surface area contributed by atoms with Gasteiger partial charge < -0.3 is 4.74 Å². The number of nitrogens with zero attached hydrogens (tertiary/aromatic N) is 1. The molecule has 0 aliphatic rings. The Balaban J connectivity index is 3.30. The van der Waals surface area contributed by atoms with Gasteiger partial charge in [0.2, 0.25) is 0 Å². The highest BCUT2D eigenvalue weighted by molar-refractivity contribution is 14.1. The number of rotatable bonds is 3. The Labute approximate surface area is 111 Å². The van der Waals surface area contributed by atoms with Crippen molar-refractivity contribution in [3.63, 3.8) is 0 Å². The molecule has 0 aliphatic carbocycles. The van der Waals surface area contributed by atoms with Crippen molar-refractivity contribution in [2.45, 2.75) is 13.3 Å². The molecule has 3 nitrogen and oxygen atoms in total. The average Bonchev–Trinajstić information content (AvgIpc) is 2.28. The van der Waals surface area contributed by atoms with Gasteiger partial charge in [0.1, 0.15) is 6.07 Å². The lowest BCUT2D eigenvalue weighted by Crippen LogP contribution is -2.08. The molecule has 0 heterocycles. The lowest BCUT2D eigenvalue weighted by atomic mass is 10.1. The first-order chi connectivity index (χ1) is 8.01. The molecule has 0 N–H and O–H groups in total. The van der Waals surface area contributed by atoms with E-state index in [0.717, 1.165) is 6.07 Å². The molecule has 0 aliphatic heterocycles. The number of halogens is 3. The van der Waals surface area contributed by atoms with Gasteiger partial charge in [-0.15, -0.1) is 0 Å². The molecule has 0 fully saturated rings. The maximum atomic E-state index is 12.6. The standard InChI is InChI=1S/C11H8F2INO2/c1-2-17-11(16)7-4-9(14)8(10(12)13)3-6(7)5-15/h3-4,10H,2H2,1H3. The Morgan fingerprint density at radius 1 is 1.59 bits per heavy atom. The van der Waals surface area contributed by atoms with E-state index in [1.165, 1.54) is 6.07 Å². The molecule has 0 unspecified atom stereocenters. The van der Waals surface area contributed by atoms with E-state index in [9.17, 15) is 13.6 Å². The van der Waals surface area contributed by atoms with Crippen LogP contribution in [-0.2, 0) is 4.74 Å². The van der Waals surface area contributed by atoms with Gasteiger partial charge in [-0.2, -0.15) is 5.26 Å². The molecule has 90 valence electrons. The first-order valence-electron chi connectivity index (χ1n) is 4.70. The third-order valence-corrected chi connectivity index (χ3v) is 2.92. The fraction of sp³-hybridized carbons (Fsp3) is 0.273. The summed E-state index contributed by atoms with van der Waals surface area (Å²) in [6.07, 6.45) is -2.68. The summed E-state index contributed by atoms with van der Waals surface area (Å²) in [5.74, 6) is -0.678. The van der Waals surface area contributed by atoms with Crippen LogP contribution in [0.5, 0.6) is 0 Å². The molecule has 17 heavy (non-hydrogen) atoms. The maximum Gasteiger partial charge on any atom is 0.339 e. The molecule has 0 saturated carbocycles. The monoisotopic (exact) mass is 351 g/mol. The fourth-order valence-electron chi connectivity index (χ4n) is 1.23. The topological polar surface area (TPSA) is 50.1 Å². The smallest absolute Gasteiger partial charge is 0.339 e. The number of nitriles is 1. The van der Waals surface area contributed by atoms with Gasteiger partial charge in [0, 0.05) is 9.13 Å². The van der Waals surface area contributed by atoms with E-state index in [1.54, 1.807) is 35.6 Å². The van der Waals surface area contributed by atoms with Crippen LogP contribution < -0.4 is 0 Å². The quantitative estimate of drug-likeness (QED) is 0.620. The largest absolute Gasteiger partial charge is 0.462 e. The Morgan fingerprint density at radius 2 is 2.24 bits per heavy atom. The van der Waals surface area contributed by atoms with E-state index < -0.39 is 12.4 Å². The van der Waals surface area contributed by atoms with E-state index in [1.807, 2.05) is 0 Å². The molecule has 0 radical (unpaired) electrons. The molecule has 1 aromatic rings. The number of hydrogen-bond donors (Lipinski definition) is 0. The number of hydrogen-bond acceptors (Lipinski definition) is 3. The summed E-state index contributed by atoms with van der Waals surface area (Å²) >= 11 is 1.70. The van der Waals surface area contributed by atoms with Gasteiger partial charge in [0.25, 0.3) is 6.43 Å². The van der Waals surface area contributed by atoms with Gasteiger partial charge in [-0.3, -0.25) is 0 Å². The lowest BCUT2D eigenvalue weighted by molar-refractivity contribution is 0.0525. The number of alkyl halides is 2. The second-order valence-electron chi connectivity index (χ2n) is 3.05. The third-order valence-electron chi connectivity index (χ3n) is 1.99. The van der Waals surface area contributed by atoms with E-state index >= 15 is 0 Å². The average molecular weight is 351 g/mol. The first-order valence-corrected chi connectivity index (χ1v) is 5.78. The van der Waals surface area contributed by atoms with Gasteiger partial charge in [0.05, 0.1) is 17.7 Å². The van der Waals surface area contributed by atoms with Gasteiger partial charge >= 0.3 is 5.97 Å². The van der Waals surface area contributed by atoms with Gasteiger partial charge in [0.15, 0.2) is 0 Å². The number of benzene rings is 1. The predicted octanol–water partition coefficient (Wildman–Crippen LogP) is 3.28. The molecule has 1 rings (SSSR count). The van der Waals surface area contributed by atoms with Crippen molar-refractivity contribution in [2.75, 3.05) is 6.61 Å². The van der Waals surface area contributed by atoms with E-state index in [0.29, 0.717) is 0 Å². The van der Waals surface area contributed by atoms with Crippen molar-refractivity contribution in [1.29, 1.82) is 5.26 Å². The fourth-order valence-corrected chi connectivity index (χ4v) is 1.93. The molecule has 1 aromatic carbocycles. The minimum atomic E-state index is -2.68. The predicted molar refractivity (Wildman–Crippen MR) is 64.8 cm³/mol. The highest BCUT2D eigenvalue weighted by Crippen LogP contribution is 2.27. The van der Waals surface area contributed by atoms with Crippen LogP contribution in [0, 0.1) is 14.9 Å². The Kier molecular flexibility index (Phi) is 4.81. The lowest BCUT2D eigenvalue weighted by Gasteiger charge is -2.08. The minimum absolute atomic E-state index is 0.0168. The minimum Gasteiger partial charge on any atom is -0.462 e. The van der Waals surface area contributed by atoms with Crippen LogP contribution in [0.1, 0.15) is 34.8 Å². The summed E-state index contributed by atoms with van der Waals surface area (Å²) in [5.41, 5.74) is -0.336. The van der Waals surface area contributed by atoms with E-state index in [-0.39, 0.29) is 26.9 Å². The summed E-state index contributed by atoms with van der Waals surface area (Å²) < 4.78 is 30.2. The van der Waals surface area contributed by atoms with Crippen molar-refractivity contribution in [3.8, 4) is 6.07 Å². The van der Waals surface area contributed by atoms with Crippen molar-refractivity contribution >= 4 is 28.6 Å². The van der Waals surface area contributed by atoms with Crippen molar-refractivity contribution in [1.82, 2.24) is 0 Å². The molecule has 0 saturated heterocycles. The Bertz CT molecular complexity index is 483. The van der Waals surface area contributed by atoms with Crippen LogP contribution in [0.4, 0.5) is 8.78 Å². The van der Waals surface area contributed by atoms with E-state index in [4.69, 9.17) is 10.00 Å². The number of carbonyl (C=O) groups is 1. The summed E-state index contributed by atoms with van der Waals surface area (Å²) in [6, 6.07) is 3.99. The van der Waals surface area contributed by atoms with Crippen LogP contribution in [0.25, 0.3) is 0 Å². The third kappa shape index (κ3) is 3.12. The van der Waals surface area contributed by atoms with Crippen molar-refractivity contribution in [3.05, 3.63) is 32.4 Å². The summed E-state index contributed by atoms with van der Waals surface area (Å²) in [5, 5.41) is 8.83. The van der Waals surface area contributed by atoms with Crippen LogP contribution >= 0.6 is 22.6 Å². The van der Waals surface area contributed by atoms with Gasteiger partial charge in [-0.05, 0) is 41.6 Å². The highest BCUT2D eigenvalue weighted by Gasteiger charge is 2.19. The highest BCUT2D eigenvalue weighted by atomic mass is 127. The maximum absolute atomic E-state index is 12.6. The Morgan fingerprint density at radius 3 is 2.71 bits per heavy atom. The van der Waals surface area contributed by atoms with Gasteiger partial charge in [-0.25, -0.2) is 13.6 Å². The van der Waals surface area contributed by atoms with Crippen molar-refractivity contribution < 1.29 is 18.3 Å². The van der Waals surface area contributed by atoms with Crippen LogP contribution in [0.2, 0.25) is 0 Å². The zero-order chi connectivity index (χ0) is 13.0. The first kappa shape index (κ1) is 13.8. The van der Waals surface area contributed by atoms with Crippen LogP contribution in [-0.4, -0.2) is 12.6 Å². The molecule has 0 amide bonds. The number of esters is 1. The second-order valence-corrected chi connectivity index (χ2v) is 4.21.